The first-order valence-electron chi connectivity index (χ1n) is 10.9. The molecule has 1 saturated heterocycles. The summed E-state index contributed by atoms with van der Waals surface area (Å²) in [5.74, 6) is 0.355. The molecule has 3 heterocycles. The van der Waals surface area contributed by atoms with Gasteiger partial charge in [-0.2, -0.15) is 5.10 Å². The van der Waals surface area contributed by atoms with Crippen molar-refractivity contribution in [1.82, 2.24) is 24.6 Å². The molecule has 7 nitrogen and oxygen atoms in total. The minimum Gasteiger partial charge on any atom is -0.301 e. The Labute approximate surface area is 180 Å². The molecule has 1 saturated carbocycles. The van der Waals surface area contributed by atoms with Crippen LogP contribution >= 0.6 is 0 Å². The Kier molecular flexibility index (Phi) is 5.17. The number of amides is 1. The number of hydrogen-bond donors (Lipinski definition) is 1. The fourth-order valence-corrected chi connectivity index (χ4v) is 5.00. The number of fused-ring (bicyclic) bond motifs is 1. The van der Waals surface area contributed by atoms with Crippen molar-refractivity contribution in [3.05, 3.63) is 36.8 Å². The van der Waals surface area contributed by atoms with Crippen LogP contribution in [0, 0.1) is 11.3 Å². The molecule has 1 N–H and O–H groups in total. The molecule has 1 aromatic carbocycles. The molecule has 1 aliphatic carbocycles. The Hall–Kier alpha value is -2.87. The molecule has 3 aromatic rings. The monoisotopic (exact) mass is 422 g/mol. The second-order valence-electron chi connectivity index (χ2n) is 8.99. The second-order valence-corrected chi connectivity index (χ2v) is 8.99. The van der Waals surface area contributed by atoms with Crippen LogP contribution in [0.15, 0.2) is 36.8 Å². The largest absolute Gasteiger partial charge is 0.301 e. The third-order valence-electron chi connectivity index (χ3n) is 6.90. The molecule has 0 bridgehead atoms. The van der Waals surface area contributed by atoms with E-state index < -0.39 is 0 Å². The van der Waals surface area contributed by atoms with Gasteiger partial charge in [0.15, 0.2) is 0 Å². The lowest BCUT2D eigenvalue weighted by Crippen LogP contribution is -2.50. The number of aryl methyl sites for hydroxylation is 1. The highest BCUT2D eigenvalue weighted by Gasteiger charge is 2.48. The number of piperidine rings is 1. The number of nitrogens with one attached hydrogen (secondary N) is 1. The highest BCUT2D eigenvalue weighted by molar-refractivity contribution is 5.93. The van der Waals surface area contributed by atoms with Gasteiger partial charge in [-0.25, -0.2) is 14.4 Å². The number of alkyl halides is 1. The van der Waals surface area contributed by atoms with Gasteiger partial charge in [0.05, 0.1) is 11.7 Å². The van der Waals surface area contributed by atoms with E-state index in [0.717, 1.165) is 60.8 Å². The van der Waals surface area contributed by atoms with Crippen molar-refractivity contribution < 1.29 is 9.18 Å². The molecule has 0 radical (unpaired) electrons. The zero-order valence-electron chi connectivity index (χ0n) is 17.7. The van der Waals surface area contributed by atoms with Crippen LogP contribution < -0.4 is 5.32 Å². The van der Waals surface area contributed by atoms with Gasteiger partial charge in [0.2, 0.25) is 11.9 Å². The van der Waals surface area contributed by atoms with Crippen molar-refractivity contribution in [3.63, 3.8) is 0 Å². The molecule has 0 atom stereocenters. The molecule has 162 valence electrons. The Balaban J connectivity index is 1.23. The lowest BCUT2D eigenvalue weighted by atomic mass is 9.57. The third kappa shape index (κ3) is 4.04. The Morgan fingerprint density at radius 1 is 1.23 bits per heavy atom. The summed E-state index contributed by atoms with van der Waals surface area (Å²) < 4.78 is 14.3. The van der Waals surface area contributed by atoms with E-state index in [1.165, 1.54) is 0 Å². The molecule has 2 aromatic heterocycles. The van der Waals surface area contributed by atoms with Gasteiger partial charge in [-0.1, -0.05) is 12.1 Å². The van der Waals surface area contributed by atoms with Crippen LogP contribution in [-0.2, 0) is 11.8 Å². The summed E-state index contributed by atoms with van der Waals surface area (Å²) >= 11 is 0. The molecule has 1 spiro atoms. The maximum Gasteiger partial charge on any atom is 0.229 e. The van der Waals surface area contributed by atoms with Crippen molar-refractivity contribution in [2.75, 3.05) is 31.6 Å². The number of anilines is 1. The van der Waals surface area contributed by atoms with Gasteiger partial charge >= 0.3 is 0 Å². The molecule has 5 rings (SSSR count). The summed E-state index contributed by atoms with van der Waals surface area (Å²) in [6.45, 7) is 2.12. The first kappa shape index (κ1) is 20.1. The molecule has 1 amide bonds. The normalized spacial score (nSPS) is 18.9. The number of halogens is 1. The second kappa shape index (κ2) is 8.00. The zero-order chi connectivity index (χ0) is 21.4. The van der Waals surface area contributed by atoms with Crippen LogP contribution in [0.5, 0.6) is 0 Å². The lowest BCUT2D eigenvalue weighted by molar-refractivity contribution is -0.129. The Morgan fingerprint density at radius 2 is 2.03 bits per heavy atom. The smallest absolute Gasteiger partial charge is 0.229 e. The van der Waals surface area contributed by atoms with Gasteiger partial charge in [-0.05, 0) is 55.8 Å². The van der Waals surface area contributed by atoms with Crippen LogP contribution in [0.2, 0.25) is 0 Å². The fourth-order valence-electron chi connectivity index (χ4n) is 5.00. The average molecular weight is 423 g/mol. The molecular formula is C23H27FN6O. The number of aromatic nitrogens is 4. The zero-order valence-corrected chi connectivity index (χ0v) is 17.7. The number of carbonyl (C=O) groups excluding carboxylic acids is 1. The van der Waals surface area contributed by atoms with Crippen molar-refractivity contribution in [2.45, 2.75) is 25.7 Å². The fraction of sp³-hybridized carbons (Fsp3) is 0.478. The number of nitrogens with zero attached hydrogens (tertiary/aromatic N) is 5. The van der Waals surface area contributed by atoms with Gasteiger partial charge in [0, 0.05) is 42.9 Å². The van der Waals surface area contributed by atoms with Crippen molar-refractivity contribution in [1.29, 1.82) is 0 Å². The van der Waals surface area contributed by atoms with Gasteiger partial charge in [0.25, 0.3) is 0 Å². The first-order chi connectivity index (χ1) is 15.0. The molecule has 2 fully saturated rings. The van der Waals surface area contributed by atoms with Crippen LogP contribution in [0.1, 0.15) is 25.7 Å². The molecule has 0 unspecified atom stereocenters. The molecule has 8 heteroatoms. The van der Waals surface area contributed by atoms with Gasteiger partial charge < -0.3 is 4.90 Å². The number of likely N-dealkylation sites (tertiary alicyclic amines) is 1. The summed E-state index contributed by atoms with van der Waals surface area (Å²) in [5, 5.41) is 8.06. The highest BCUT2D eigenvalue weighted by Crippen LogP contribution is 2.52. The van der Waals surface area contributed by atoms with E-state index in [1.807, 2.05) is 37.6 Å². The predicted molar refractivity (Wildman–Crippen MR) is 117 cm³/mol. The van der Waals surface area contributed by atoms with Gasteiger partial charge in [0.1, 0.15) is 6.67 Å². The standard InChI is InChI=1S/C23H27FN6O/c1-29-15-19(14-26-29)16-2-3-17-13-25-22(27-20(17)10-16)28-21(31)18-11-23(12-18)4-7-30(8-5-23)9-6-24/h2-3,10,13-15,18H,4-9,11-12H2,1H3,(H,25,27,28,31). The number of hydrogen-bond acceptors (Lipinski definition) is 5. The summed E-state index contributed by atoms with van der Waals surface area (Å²) in [6.07, 6.45) is 9.44. The number of benzene rings is 1. The van der Waals surface area contributed by atoms with E-state index >= 15 is 0 Å². The molecule has 1 aliphatic heterocycles. The molecule has 2 aliphatic rings. The minimum atomic E-state index is -0.284. The summed E-state index contributed by atoms with van der Waals surface area (Å²) in [5.41, 5.74) is 3.09. The summed E-state index contributed by atoms with van der Waals surface area (Å²) in [6, 6.07) is 6.00. The quantitative estimate of drug-likeness (QED) is 0.682. The van der Waals surface area contributed by atoms with E-state index in [-0.39, 0.29) is 23.9 Å². The van der Waals surface area contributed by atoms with E-state index in [0.29, 0.717) is 12.5 Å². The van der Waals surface area contributed by atoms with Crippen LogP contribution in [0.25, 0.3) is 22.0 Å². The van der Waals surface area contributed by atoms with E-state index in [9.17, 15) is 9.18 Å². The van der Waals surface area contributed by atoms with Crippen LogP contribution in [0.3, 0.4) is 0 Å². The van der Waals surface area contributed by atoms with Gasteiger partial charge in [-0.15, -0.1) is 0 Å². The Morgan fingerprint density at radius 3 is 2.74 bits per heavy atom. The average Bonchev–Trinajstić information content (AvgIpc) is 3.19. The Bertz CT molecular complexity index is 1100. The summed E-state index contributed by atoms with van der Waals surface area (Å²) in [7, 11) is 1.89. The number of rotatable bonds is 5. The van der Waals surface area contributed by atoms with Crippen LogP contribution in [0.4, 0.5) is 10.3 Å². The van der Waals surface area contributed by atoms with Crippen molar-refractivity contribution >= 4 is 22.8 Å². The first-order valence-corrected chi connectivity index (χ1v) is 10.9. The molecular weight excluding hydrogens is 395 g/mol. The van der Waals surface area contributed by atoms with Gasteiger partial charge in [-0.3, -0.25) is 14.8 Å². The predicted octanol–water partition coefficient (Wildman–Crippen LogP) is 3.43. The minimum absolute atomic E-state index is 0.000392. The number of carbonyl (C=O) groups is 1. The maximum atomic E-state index is 12.8. The molecule has 31 heavy (non-hydrogen) atoms. The van der Waals surface area contributed by atoms with Crippen molar-refractivity contribution in [2.24, 2.45) is 18.4 Å². The lowest BCUT2D eigenvalue weighted by Gasteiger charge is -2.51. The topological polar surface area (TPSA) is 75.9 Å². The van der Waals surface area contributed by atoms with E-state index in [2.05, 4.69) is 25.3 Å². The van der Waals surface area contributed by atoms with Crippen LogP contribution in [-0.4, -0.2) is 56.9 Å². The van der Waals surface area contributed by atoms with E-state index in [1.54, 1.807) is 10.9 Å². The SMILES string of the molecule is Cn1cc(-c2ccc3cnc(NC(=O)C4CC5(CCN(CCF)CC5)C4)nc3c2)cn1. The highest BCUT2D eigenvalue weighted by atomic mass is 19.1. The summed E-state index contributed by atoms with van der Waals surface area (Å²) in [4.78, 5) is 23.8. The van der Waals surface area contributed by atoms with E-state index in [4.69, 9.17) is 0 Å². The third-order valence-corrected chi connectivity index (χ3v) is 6.90. The maximum absolute atomic E-state index is 12.8. The van der Waals surface area contributed by atoms with Crippen molar-refractivity contribution in [3.8, 4) is 11.1 Å².